The van der Waals surface area contributed by atoms with Crippen LogP contribution < -0.4 is 10.1 Å². The Morgan fingerprint density at radius 3 is 2.74 bits per heavy atom. The molecule has 1 atom stereocenters. The topological polar surface area (TPSA) is 64.4 Å². The van der Waals surface area contributed by atoms with Crippen molar-refractivity contribution < 1.29 is 9.66 Å². The fourth-order valence-corrected chi connectivity index (χ4v) is 1.96. The number of hydrogen-bond acceptors (Lipinski definition) is 4. The maximum Gasteiger partial charge on any atom is 0.271 e. The molecule has 0 saturated carbocycles. The fraction of sp³-hybridized carbons (Fsp3) is 0.571. The smallest absolute Gasteiger partial charge is 0.271 e. The molecule has 1 unspecified atom stereocenters. The molecule has 0 aliphatic rings. The van der Waals surface area contributed by atoms with E-state index in [0.29, 0.717) is 11.4 Å². The molecule has 1 aromatic rings. The summed E-state index contributed by atoms with van der Waals surface area (Å²) in [5.41, 5.74) is 0.754. The van der Waals surface area contributed by atoms with Gasteiger partial charge in [-0.2, -0.15) is 0 Å². The second-order valence-electron chi connectivity index (χ2n) is 4.68. The van der Waals surface area contributed by atoms with Crippen LogP contribution in [0.25, 0.3) is 0 Å². The van der Waals surface area contributed by atoms with Gasteiger partial charge in [-0.3, -0.25) is 10.1 Å². The van der Waals surface area contributed by atoms with E-state index in [4.69, 9.17) is 4.74 Å². The molecular weight excluding hydrogens is 244 g/mol. The molecule has 0 heterocycles. The minimum Gasteiger partial charge on any atom is -0.495 e. The van der Waals surface area contributed by atoms with Gasteiger partial charge < -0.3 is 10.1 Å². The minimum absolute atomic E-state index is 0.0732. The third-order valence-electron chi connectivity index (χ3n) is 3.04. The Bertz CT molecular complexity index is 421. The number of rotatable bonds is 8. The van der Waals surface area contributed by atoms with Crippen LogP contribution in [0.4, 0.5) is 11.4 Å². The highest BCUT2D eigenvalue weighted by Crippen LogP contribution is 2.29. The Morgan fingerprint density at radius 1 is 1.42 bits per heavy atom. The number of non-ortho nitro benzene ring substituents is 1. The first-order valence-electron chi connectivity index (χ1n) is 6.67. The summed E-state index contributed by atoms with van der Waals surface area (Å²) in [5, 5.41) is 14.1. The summed E-state index contributed by atoms with van der Waals surface area (Å²) in [6.07, 6.45) is 4.59. The molecule has 0 amide bonds. The standard InChI is InChI=1S/C14H22N2O3/c1-4-5-6-7-11(2)15-13-10-12(16(17)18)8-9-14(13)19-3/h8-11,15H,4-7H2,1-3H3. The highest BCUT2D eigenvalue weighted by molar-refractivity contribution is 5.61. The Morgan fingerprint density at radius 2 is 2.16 bits per heavy atom. The zero-order valence-corrected chi connectivity index (χ0v) is 11.8. The largest absolute Gasteiger partial charge is 0.495 e. The average Bonchev–Trinajstić information content (AvgIpc) is 2.38. The molecule has 0 aliphatic carbocycles. The van der Waals surface area contributed by atoms with Crippen molar-refractivity contribution in [3.8, 4) is 5.75 Å². The van der Waals surface area contributed by atoms with E-state index in [1.165, 1.54) is 25.0 Å². The summed E-state index contributed by atoms with van der Waals surface area (Å²) in [6, 6.07) is 4.86. The number of unbranched alkanes of at least 4 members (excludes halogenated alkanes) is 2. The molecule has 19 heavy (non-hydrogen) atoms. The van der Waals surface area contributed by atoms with E-state index < -0.39 is 4.92 Å². The van der Waals surface area contributed by atoms with Gasteiger partial charge in [-0.25, -0.2) is 0 Å². The molecule has 0 aromatic heterocycles. The van der Waals surface area contributed by atoms with Crippen LogP contribution in [-0.2, 0) is 0 Å². The molecular formula is C14H22N2O3. The van der Waals surface area contributed by atoms with Crippen molar-refractivity contribution in [3.63, 3.8) is 0 Å². The molecule has 5 nitrogen and oxygen atoms in total. The normalized spacial score (nSPS) is 11.9. The van der Waals surface area contributed by atoms with Crippen LogP contribution in [0.1, 0.15) is 39.5 Å². The van der Waals surface area contributed by atoms with Crippen LogP contribution in [0.2, 0.25) is 0 Å². The van der Waals surface area contributed by atoms with Gasteiger partial charge in [0.15, 0.2) is 0 Å². The predicted molar refractivity (Wildman–Crippen MR) is 76.9 cm³/mol. The van der Waals surface area contributed by atoms with Gasteiger partial charge in [-0.1, -0.05) is 26.2 Å². The number of anilines is 1. The van der Waals surface area contributed by atoms with E-state index >= 15 is 0 Å². The summed E-state index contributed by atoms with van der Waals surface area (Å²) in [5.74, 6) is 0.632. The Labute approximate surface area is 114 Å². The number of benzene rings is 1. The van der Waals surface area contributed by atoms with E-state index in [1.807, 2.05) is 0 Å². The number of nitrogens with one attached hydrogen (secondary N) is 1. The van der Waals surface area contributed by atoms with Gasteiger partial charge >= 0.3 is 0 Å². The SMILES string of the molecule is CCCCCC(C)Nc1cc([N+](=O)[O-])ccc1OC. The van der Waals surface area contributed by atoms with Gasteiger partial charge in [0, 0.05) is 18.2 Å². The van der Waals surface area contributed by atoms with Crippen LogP contribution in [-0.4, -0.2) is 18.1 Å². The summed E-state index contributed by atoms with van der Waals surface area (Å²) >= 11 is 0. The lowest BCUT2D eigenvalue weighted by atomic mass is 10.1. The third-order valence-corrected chi connectivity index (χ3v) is 3.04. The van der Waals surface area contributed by atoms with E-state index in [1.54, 1.807) is 13.2 Å². The van der Waals surface area contributed by atoms with E-state index in [9.17, 15) is 10.1 Å². The van der Waals surface area contributed by atoms with Crippen molar-refractivity contribution in [2.75, 3.05) is 12.4 Å². The molecule has 1 aromatic carbocycles. The lowest BCUT2D eigenvalue weighted by Crippen LogP contribution is -2.15. The molecule has 0 aliphatic heterocycles. The molecule has 0 saturated heterocycles. The summed E-state index contributed by atoms with van der Waals surface area (Å²) in [7, 11) is 1.56. The van der Waals surface area contributed by atoms with Crippen molar-refractivity contribution in [3.05, 3.63) is 28.3 Å². The first-order valence-corrected chi connectivity index (χ1v) is 6.67. The molecule has 0 spiro atoms. The van der Waals surface area contributed by atoms with Gasteiger partial charge in [0.05, 0.1) is 17.7 Å². The number of nitrogens with zero attached hydrogens (tertiary/aromatic N) is 1. The Kier molecular flexibility index (Phi) is 6.12. The van der Waals surface area contributed by atoms with Gasteiger partial charge in [0.25, 0.3) is 5.69 Å². The first kappa shape index (κ1) is 15.3. The molecule has 5 heteroatoms. The zero-order chi connectivity index (χ0) is 14.3. The predicted octanol–water partition coefficient (Wildman–Crippen LogP) is 3.98. The van der Waals surface area contributed by atoms with Crippen molar-refractivity contribution in [2.45, 2.75) is 45.6 Å². The lowest BCUT2D eigenvalue weighted by Gasteiger charge is -2.17. The summed E-state index contributed by atoms with van der Waals surface area (Å²) in [6.45, 7) is 4.25. The van der Waals surface area contributed by atoms with Crippen molar-refractivity contribution >= 4 is 11.4 Å². The molecule has 0 radical (unpaired) electrons. The molecule has 0 bridgehead atoms. The van der Waals surface area contributed by atoms with Crippen LogP contribution >= 0.6 is 0 Å². The quantitative estimate of drug-likeness (QED) is 0.439. The number of nitro groups is 1. The van der Waals surface area contributed by atoms with Crippen molar-refractivity contribution in [1.29, 1.82) is 0 Å². The maximum atomic E-state index is 10.8. The van der Waals surface area contributed by atoms with Gasteiger partial charge in [0.1, 0.15) is 5.75 Å². The van der Waals surface area contributed by atoms with E-state index in [-0.39, 0.29) is 11.7 Å². The van der Waals surface area contributed by atoms with Crippen molar-refractivity contribution in [2.24, 2.45) is 0 Å². The second-order valence-corrected chi connectivity index (χ2v) is 4.68. The summed E-state index contributed by atoms with van der Waals surface area (Å²) < 4.78 is 5.22. The lowest BCUT2D eigenvalue weighted by molar-refractivity contribution is -0.384. The van der Waals surface area contributed by atoms with Crippen LogP contribution in [0.3, 0.4) is 0 Å². The zero-order valence-electron chi connectivity index (χ0n) is 11.8. The van der Waals surface area contributed by atoms with E-state index in [2.05, 4.69) is 19.2 Å². The van der Waals surface area contributed by atoms with Gasteiger partial charge in [-0.05, 0) is 19.4 Å². The fourth-order valence-electron chi connectivity index (χ4n) is 1.96. The van der Waals surface area contributed by atoms with E-state index in [0.717, 1.165) is 12.8 Å². The number of nitro benzene ring substituents is 1. The number of ether oxygens (including phenoxy) is 1. The van der Waals surface area contributed by atoms with Gasteiger partial charge in [0.2, 0.25) is 0 Å². The second kappa shape index (κ2) is 7.61. The molecule has 1 rings (SSSR count). The van der Waals surface area contributed by atoms with Crippen molar-refractivity contribution in [1.82, 2.24) is 0 Å². The first-order chi connectivity index (χ1) is 9.08. The summed E-state index contributed by atoms with van der Waals surface area (Å²) in [4.78, 5) is 10.4. The Balaban J connectivity index is 2.74. The highest BCUT2D eigenvalue weighted by atomic mass is 16.6. The van der Waals surface area contributed by atoms with Gasteiger partial charge in [-0.15, -0.1) is 0 Å². The monoisotopic (exact) mass is 266 g/mol. The number of methoxy groups -OCH3 is 1. The minimum atomic E-state index is -0.396. The van der Waals surface area contributed by atoms with Crippen LogP contribution in [0, 0.1) is 10.1 Å². The molecule has 0 fully saturated rings. The molecule has 106 valence electrons. The highest BCUT2D eigenvalue weighted by Gasteiger charge is 2.12. The van der Waals surface area contributed by atoms with Crippen LogP contribution in [0.5, 0.6) is 5.75 Å². The maximum absolute atomic E-state index is 10.8. The Hall–Kier alpha value is -1.78. The molecule has 1 N–H and O–H groups in total. The third kappa shape index (κ3) is 4.77. The average molecular weight is 266 g/mol. The number of hydrogen-bond donors (Lipinski definition) is 1. The van der Waals surface area contributed by atoms with Crippen LogP contribution in [0.15, 0.2) is 18.2 Å².